The van der Waals surface area contributed by atoms with E-state index in [1.165, 1.54) is 18.2 Å². The monoisotopic (exact) mass is 309 g/mol. The van der Waals surface area contributed by atoms with Gasteiger partial charge in [0, 0.05) is 11.1 Å². The van der Waals surface area contributed by atoms with E-state index < -0.39 is 0 Å². The molecule has 1 atom stereocenters. The molecule has 112 valence electrons. The summed E-state index contributed by atoms with van der Waals surface area (Å²) in [6.45, 7) is 2.79. The Bertz CT molecular complexity index is 584. The summed E-state index contributed by atoms with van der Waals surface area (Å²) in [7, 11) is 0. The predicted molar refractivity (Wildman–Crippen MR) is 82.7 cm³/mol. The van der Waals surface area contributed by atoms with Crippen molar-refractivity contribution in [3.8, 4) is 0 Å². The number of nitrogens with one attached hydrogen (secondary N) is 1. The van der Waals surface area contributed by atoms with Gasteiger partial charge in [0.2, 0.25) is 0 Å². The standard InChI is InChI=1S/C17H18ClF2N/c1-2-21-16(9-12-3-6-15(19)7-4-12)11-13-10-14(18)5-8-17(13)20/h3-8,10,16,21H,2,9,11H2,1H3. The molecule has 0 radical (unpaired) electrons. The van der Waals surface area contributed by atoms with E-state index in [4.69, 9.17) is 11.6 Å². The molecule has 0 amide bonds. The van der Waals surface area contributed by atoms with E-state index in [2.05, 4.69) is 5.32 Å². The molecule has 1 unspecified atom stereocenters. The van der Waals surface area contributed by atoms with E-state index in [9.17, 15) is 8.78 Å². The van der Waals surface area contributed by atoms with Crippen LogP contribution >= 0.6 is 11.6 Å². The Labute approximate surface area is 128 Å². The molecule has 0 fully saturated rings. The van der Waals surface area contributed by atoms with Crippen molar-refractivity contribution in [2.24, 2.45) is 0 Å². The van der Waals surface area contributed by atoms with Gasteiger partial charge in [-0.15, -0.1) is 0 Å². The maximum absolute atomic E-state index is 13.8. The molecule has 0 saturated heterocycles. The van der Waals surface area contributed by atoms with Crippen molar-refractivity contribution >= 4 is 11.6 Å². The van der Waals surface area contributed by atoms with E-state index in [-0.39, 0.29) is 17.7 Å². The number of rotatable bonds is 6. The molecule has 4 heteroatoms. The number of likely N-dealkylation sites (N-methyl/N-ethyl adjacent to an activating group) is 1. The zero-order valence-electron chi connectivity index (χ0n) is 11.9. The van der Waals surface area contributed by atoms with Crippen molar-refractivity contribution in [3.63, 3.8) is 0 Å². The number of benzene rings is 2. The minimum absolute atomic E-state index is 0.0772. The first-order valence-corrected chi connectivity index (χ1v) is 7.38. The fraction of sp³-hybridized carbons (Fsp3) is 0.294. The largest absolute Gasteiger partial charge is 0.314 e. The van der Waals surface area contributed by atoms with Crippen LogP contribution in [0.25, 0.3) is 0 Å². The summed E-state index contributed by atoms with van der Waals surface area (Å²) in [5.74, 6) is -0.499. The smallest absolute Gasteiger partial charge is 0.126 e. The Kier molecular flexibility index (Phi) is 5.71. The Hall–Kier alpha value is -1.45. The maximum atomic E-state index is 13.8. The van der Waals surface area contributed by atoms with E-state index in [1.54, 1.807) is 24.3 Å². The lowest BCUT2D eigenvalue weighted by Crippen LogP contribution is -2.33. The summed E-state index contributed by atoms with van der Waals surface area (Å²) in [5, 5.41) is 3.87. The van der Waals surface area contributed by atoms with Gasteiger partial charge >= 0.3 is 0 Å². The van der Waals surface area contributed by atoms with Gasteiger partial charge in [-0.3, -0.25) is 0 Å². The molecule has 0 bridgehead atoms. The molecule has 1 nitrogen and oxygen atoms in total. The van der Waals surface area contributed by atoms with Crippen molar-refractivity contribution in [2.75, 3.05) is 6.54 Å². The third-order valence-corrected chi connectivity index (χ3v) is 3.60. The first-order chi connectivity index (χ1) is 10.1. The maximum Gasteiger partial charge on any atom is 0.126 e. The molecule has 0 spiro atoms. The minimum atomic E-state index is -0.250. The quantitative estimate of drug-likeness (QED) is 0.835. The molecule has 1 N–H and O–H groups in total. The lowest BCUT2D eigenvalue weighted by Gasteiger charge is -2.18. The molecule has 0 saturated carbocycles. The van der Waals surface area contributed by atoms with Gasteiger partial charge in [-0.1, -0.05) is 30.7 Å². The van der Waals surface area contributed by atoms with Crippen LogP contribution in [-0.4, -0.2) is 12.6 Å². The van der Waals surface area contributed by atoms with Gasteiger partial charge in [-0.2, -0.15) is 0 Å². The molecule has 0 aliphatic carbocycles. The van der Waals surface area contributed by atoms with Crippen molar-refractivity contribution in [3.05, 3.63) is 70.2 Å². The molecule has 0 aromatic heterocycles. The Morgan fingerprint density at radius 1 is 1.05 bits per heavy atom. The molecule has 2 aromatic rings. The van der Waals surface area contributed by atoms with Crippen LogP contribution in [0.1, 0.15) is 18.1 Å². The highest BCUT2D eigenvalue weighted by Crippen LogP contribution is 2.18. The second-order valence-corrected chi connectivity index (χ2v) is 5.46. The lowest BCUT2D eigenvalue weighted by atomic mass is 9.98. The van der Waals surface area contributed by atoms with Crippen molar-refractivity contribution < 1.29 is 8.78 Å². The number of hydrogen-bond acceptors (Lipinski definition) is 1. The summed E-state index contributed by atoms with van der Waals surface area (Å²) in [4.78, 5) is 0. The zero-order valence-corrected chi connectivity index (χ0v) is 12.6. The molecule has 0 aliphatic heterocycles. The summed E-state index contributed by atoms with van der Waals surface area (Å²) < 4.78 is 26.8. The van der Waals surface area contributed by atoms with Gasteiger partial charge in [-0.05, 0) is 60.8 Å². The van der Waals surface area contributed by atoms with Crippen LogP contribution in [-0.2, 0) is 12.8 Å². The Balaban J connectivity index is 2.11. The average molecular weight is 310 g/mol. The van der Waals surface area contributed by atoms with Crippen LogP contribution in [0.5, 0.6) is 0 Å². The molecule has 2 rings (SSSR count). The third kappa shape index (κ3) is 4.80. The minimum Gasteiger partial charge on any atom is -0.314 e. The first-order valence-electron chi connectivity index (χ1n) is 7.00. The van der Waals surface area contributed by atoms with Crippen LogP contribution in [0.2, 0.25) is 5.02 Å². The normalized spacial score (nSPS) is 12.4. The third-order valence-electron chi connectivity index (χ3n) is 3.36. The van der Waals surface area contributed by atoms with Crippen LogP contribution in [0.4, 0.5) is 8.78 Å². The molecular weight excluding hydrogens is 292 g/mol. The Morgan fingerprint density at radius 3 is 2.43 bits per heavy atom. The second-order valence-electron chi connectivity index (χ2n) is 5.03. The van der Waals surface area contributed by atoms with E-state index >= 15 is 0 Å². The molecular formula is C17H18ClF2N. The summed E-state index contributed by atoms with van der Waals surface area (Å²) >= 11 is 5.93. The van der Waals surface area contributed by atoms with Gasteiger partial charge in [0.1, 0.15) is 11.6 Å². The highest BCUT2D eigenvalue weighted by Gasteiger charge is 2.13. The summed E-state index contributed by atoms with van der Waals surface area (Å²) in [6, 6.07) is 11.1. The fourth-order valence-corrected chi connectivity index (χ4v) is 2.57. The highest BCUT2D eigenvalue weighted by molar-refractivity contribution is 6.30. The lowest BCUT2D eigenvalue weighted by molar-refractivity contribution is 0.505. The van der Waals surface area contributed by atoms with Gasteiger partial charge in [0.15, 0.2) is 0 Å². The number of hydrogen-bond donors (Lipinski definition) is 1. The molecule has 0 aliphatic rings. The summed E-state index contributed by atoms with van der Waals surface area (Å²) in [5.41, 5.74) is 1.61. The SMILES string of the molecule is CCNC(Cc1ccc(F)cc1)Cc1cc(Cl)ccc1F. The van der Waals surface area contributed by atoms with Gasteiger partial charge < -0.3 is 5.32 Å². The van der Waals surface area contributed by atoms with Crippen molar-refractivity contribution in [2.45, 2.75) is 25.8 Å². The number of halogens is 3. The highest BCUT2D eigenvalue weighted by atomic mass is 35.5. The fourth-order valence-electron chi connectivity index (χ4n) is 2.38. The van der Waals surface area contributed by atoms with Crippen LogP contribution in [0.3, 0.4) is 0 Å². The molecule has 0 heterocycles. The first kappa shape index (κ1) is 15.9. The molecule has 21 heavy (non-hydrogen) atoms. The van der Waals surface area contributed by atoms with Crippen molar-refractivity contribution in [1.82, 2.24) is 5.32 Å². The van der Waals surface area contributed by atoms with Crippen molar-refractivity contribution in [1.29, 1.82) is 0 Å². The van der Waals surface area contributed by atoms with Crippen LogP contribution in [0.15, 0.2) is 42.5 Å². The Morgan fingerprint density at radius 2 is 1.76 bits per heavy atom. The van der Waals surface area contributed by atoms with E-state index in [0.717, 1.165) is 12.1 Å². The average Bonchev–Trinajstić information content (AvgIpc) is 2.45. The van der Waals surface area contributed by atoms with Gasteiger partial charge in [-0.25, -0.2) is 8.78 Å². The van der Waals surface area contributed by atoms with Crippen LogP contribution in [0, 0.1) is 11.6 Å². The van der Waals surface area contributed by atoms with Gasteiger partial charge in [0.05, 0.1) is 0 Å². The molecule has 2 aromatic carbocycles. The topological polar surface area (TPSA) is 12.0 Å². The zero-order chi connectivity index (χ0) is 15.2. The predicted octanol–water partition coefficient (Wildman–Crippen LogP) is 4.38. The summed E-state index contributed by atoms with van der Waals surface area (Å²) in [6.07, 6.45) is 1.25. The van der Waals surface area contributed by atoms with E-state index in [1.807, 2.05) is 6.92 Å². The van der Waals surface area contributed by atoms with E-state index in [0.29, 0.717) is 23.4 Å². The van der Waals surface area contributed by atoms with Crippen LogP contribution < -0.4 is 5.32 Å². The van der Waals surface area contributed by atoms with Gasteiger partial charge in [0.25, 0.3) is 0 Å². The second kappa shape index (κ2) is 7.53.